The molecule has 2 amide bonds. The van der Waals surface area contributed by atoms with Crippen molar-refractivity contribution in [3.8, 4) is 0 Å². The number of rotatable bonds is 6. The number of aromatic nitrogens is 2. The van der Waals surface area contributed by atoms with Crippen LogP contribution in [-0.4, -0.2) is 55.6 Å². The number of thioether (sulfide) groups is 2. The fourth-order valence-corrected chi connectivity index (χ4v) is 3.20. The zero-order valence-corrected chi connectivity index (χ0v) is 12.9. The van der Waals surface area contributed by atoms with Gasteiger partial charge >= 0.3 is 0 Å². The van der Waals surface area contributed by atoms with Gasteiger partial charge < -0.3 is 5.32 Å². The van der Waals surface area contributed by atoms with Crippen LogP contribution >= 0.6 is 35.7 Å². The van der Waals surface area contributed by atoms with Gasteiger partial charge in [-0.05, 0) is 6.07 Å². The van der Waals surface area contributed by atoms with E-state index < -0.39 is 0 Å². The largest absolute Gasteiger partial charge is 0.354 e. The van der Waals surface area contributed by atoms with Gasteiger partial charge in [0, 0.05) is 25.5 Å². The molecular formula is C11H12N4O2S3. The summed E-state index contributed by atoms with van der Waals surface area (Å²) in [5.41, 5.74) is 0. The van der Waals surface area contributed by atoms with Crippen LogP contribution in [0.5, 0.6) is 0 Å². The number of hydrogen-bond donors (Lipinski definition) is 1. The summed E-state index contributed by atoms with van der Waals surface area (Å²) in [6, 6.07) is 1.72. The van der Waals surface area contributed by atoms with Crippen LogP contribution in [-0.2, 0) is 9.59 Å². The van der Waals surface area contributed by atoms with Gasteiger partial charge in [0.1, 0.15) is 4.32 Å². The number of amides is 2. The molecule has 2 rings (SSSR count). The van der Waals surface area contributed by atoms with Crippen LogP contribution in [0.3, 0.4) is 0 Å². The summed E-state index contributed by atoms with van der Waals surface area (Å²) in [5.74, 6) is 0.527. The average Bonchev–Trinajstić information content (AvgIpc) is 2.78. The number of hydrogen-bond acceptors (Lipinski definition) is 7. The maximum absolute atomic E-state index is 11.6. The lowest BCUT2D eigenvalue weighted by Gasteiger charge is -2.14. The maximum atomic E-state index is 11.6. The predicted molar refractivity (Wildman–Crippen MR) is 82.5 cm³/mol. The van der Waals surface area contributed by atoms with Crippen molar-refractivity contribution in [2.45, 2.75) is 5.16 Å². The molecule has 0 bridgehead atoms. The van der Waals surface area contributed by atoms with Gasteiger partial charge in [-0.15, -0.1) is 0 Å². The highest BCUT2D eigenvalue weighted by molar-refractivity contribution is 8.23. The molecule has 1 saturated heterocycles. The molecule has 1 aliphatic heterocycles. The molecule has 0 unspecified atom stereocenters. The minimum absolute atomic E-state index is 0.00121. The van der Waals surface area contributed by atoms with Crippen LogP contribution in [0.25, 0.3) is 0 Å². The van der Waals surface area contributed by atoms with E-state index in [9.17, 15) is 9.59 Å². The quantitative estimate of drug-likeness (QED) is 0.464. The van der Waals surface area contributed by atoms with Gasteiger partial charge in [-0.1, -0.05) is 35.7 Å². The Kier molecular flexibility index (Phi) is 5.74. The van der Waals surface area contributed by atoms with E-state index >= 15 is 0 Å². The molecule has 1 aromatic heterocycles. The Hall–Kier alpha value is -1.19. The number of nitrogens with zero attached hydrogens (tertiary/aromatic N) is 3. The van der Waals surface area contributed by atoms with E-state index in [0.29, 0.717) is 28.3 Å². The Balaban J connectivity index is 1.65. The normalized spacial score (nSPS) is 14.7. The molecule has 20 heavy (non-hydrogen) atoms. The van der Waals surface area contributed by atoms with E-state index in [0.717, 1.165) is 0 Å². The highest BCUT2D eigenvalue weighted by Crippen LogP contribution is 2.18. The van der Waals surface area contributed by atoms with Gasteiger partial charge in [0.2, 0.25) is 11.8 Å². The SMILES string of the molecule is O=C(CSc1ncccn1)NCCN1C(=O)CSC1=S. The molecule has 1 N–H and O–H groups in total. The molecule has 1 aliphatic rings. The molecule has 0 aliphatic carbocycles. The first-order valence-electron chi connectivity index (χ1n) is 5.80. The molecule has 9 heteroatoms. The lowest BCUT2D eigenvalue weighted by Crippen LogP contribution is -2.37. The average molecular weight is 328 g/mol. The van der Waals surface area contributed by atoms with E-state index in [4.69, 9.17) is 12.2 Å². The Morgan fingerprint density at radius 1 is 1.50 bits per heavy atom. The van der Waals surface area contributed by atoms with Crippen LogP contribution in [0, 0.1) is 0 Å². The number of thiocarbonyl (C=S) groups is 1. The number of nitrogens with one attached hydrogen (secondary N) is 1. The Bertz CT molecular complexity index is 496. The van der Waals surface area contributed by atoms with Crippen molar-refractivity contribution >= 4 is 51.9 Å². The molecule has 106 valence electrons. The van der Waals surface area contributed by atoms with Crippen LogP contribution in [0.4, 0.5) is 0 Å². The molecule has 0 spiro atoms. The summed E-state index contributed by atoms with van der Waals surface area (Å²) >= 11 is 7.67. The maximum Gasteiger partial charge on any atom is 0.238 e. The standard InChI is InChI=1S/C11H12N4O2S3/c16-8(6-19-10-13-2-1-3-14-10)12-4-5-15-9(17)7-20-11(15)18/h1-3H,4-7H2,(H,12,16). The van der Waals surface area contributed by atoms with Gasteiger partial charge in [0.15, 0.2) is 5.16 Å². The van der Waals surface area contributed by atoms with Crippen molar-refractivity contribution in [1.29, 1.82) is 0 Å². The Morgan fingerprint density at radius 3 is 2.90 bits per heavy atom. The van der Waals surface area contributed by atoms with E-state index in [1.54, 1.807) is 18.5 Å². The summed E-state index contributed by atoms with van der Waals surface area (Å²) in [7, 11) is 0. The van der Waals surface area contributed by atoms with Gasteiger partial charge in [-0.3, -0.25) is 14.5 Å². The molecular weight excluding hydrogens is 316 g/mol. The van der Waals surface area contributed by atoms with E-state index in [2.05, 4.69) is 15.3 Å². The fourth-order valence-electron chi connectivity index (χ4n) is 1.45. The third kappa shape index (κ3) is 4.43. The molecule has 0 radical (unpaired) electrons. The van der Waals surface area contributed by atoms with Gasteiger partial charge in [-0.25, -0.2) is 9.97 Å². The molecule has 2 heterocycles. The summed E-state index contributed by atoms with van der Waals surface area (Å²) in [5, 5.41) is 3.31. The lowest BCUT2D eigenvalue weighted by molar-refractivity contribution is -0.124. The topological polar surface area (TPSA) is 75.2 Å². The first-order chi connectivity index (χ1) is 9.66. The third-order valence-electron chi connectivity index (χ3n) is 2.37. The summed E-state index contributed by atoms with van der Waals surface area (Å²) in [4.78, 5) is 32.6. The number of carbonyl (C=O) groups is 2. The van der Waals surface area contributed by atoms with E-state index in [1.165, 1.54) is 28.4 Å². The van der Waals surface area contributed by atoms with Crippen molar-refractivity contribution in [3.05, 3.63) is 18.5 Å². The Morgan fingerprint density at radius 2 is 2.25 bits per heavy atom. The van der Waals surface area contributed by atoms with Crippen LogP contribution in [0.2, 0.25) is 0 Å². The monoisotopic (exact) mass is 328 g/mol. The molecule has 1 fully saturated rings. The first-order valence-corrected chi connectivity index (χ1v) is 8.18. The minimum atomic E-state index is -0.118. The second-order valence-electron chi connectivity index (χ2n) is 3.77. The summed E-state index contributed by atoms with van der Waals surface area (Å²) in [6.45, 7) is 0.810. The third-order valence-corrected chi connectivity index (χ3v) is 4.68. The lowest BCUT2D eigenvalue weighted by atomic mass is 10.5. The van der Waals surface area contributed by atoms with Crippen molar-refractivity contribution in [1.82, 2.24) is 20.2 Å². The Labute approximate surface area is 130 Å². The highest BCUT2D eigenvalue weighted by Gasteiger charge is 2.25. The molecule has 1 aromatic rings. The smallest absolute Gasteiger partial charge is 0.238 e. The van der Waals surface area contributed by atoms with Crippen LogP contribution in [0.15, 0.2) is 23.6 Å². The highest BCUT2D eigenvalue weighted by atomic mass is 32.2. The second kappa shape index (κ2) is 7.55. The molecule has 0 aromatic carbocycles. The first kappa shape index (κ1) is 15.2. The van der Waals surface area contributed by atoms with Gasteiger partial charge in [0.25, 0.3) is 0 Å². The predicted octanol–water partition coefficient (Wildman–Crippen LogP) is 0.545. The van der Waals surface area contributed by atoms with Crippen LogP contribution < -0.4 is 5.32 Å². The molecule has 0 atom stereocenters. The fraction of sp³-hybridized carbons (Fsp3) is 0.364. The summed E-state index contributed by atoms with van der Waals surface area (Å²) < 4.78 is 0.580. The van der Waals surface area contributed by atoms with Crippen LogP contribution in [0.1, 0.15) is 0 Å². The van der Waals surface area contributed by atoms with Crippen molar-refractivity contribution in [3.63, 3.8) is 0 Å². The van der Waals surface area contributed by atoms with Crippen molar-refractivity contribution in [2.75, 3.05) is 24.6 Å². The second-order valence-corrected chi connectivity index (χ2v) is 6.32. The minimum Gasteiger partial charge on any atom is -0.354 e. The van der Waals surface area contributed by atoms with E-state index in [1.807, 2.05) is 0 Å². The zero-order valence-electron chi connectivity index (χ0n) is 10.4. The van der Waals surface area contributed by atoms with Crippen molar-refractivity contribution < 1.29 is 9.59 Å². The van der Waals surface area contributed by atoms with Crippen molar-refractivity contribution in [2.24, 2.45) is 0 Å². The van der Waals surface area contributed by atoms with Gasteiger partial charge in [-0.2, -0.15) is 0 Å². The molecule has 6 nitrogen and oxygen atoms in total. The molecule has 0 saturated carbocycles. The number of carbonyl (C=O) groups excluding carboxylic acids is 2. The zero-order chi connectivity index (χ0) is 14.4. The van der Waals surface area contributed by atoms with E-state index in [-0.39, 0.29) is 17.6 Å². The summed E-state index contributed by atoms with van der Waals surface area (Å²) in [6.07, 6.45) is 3.26. The van der Waals surface area contributed by atoms with Gasteiger partial charge in [0.05, 0.1) is 11.5 Å².